The molecule has 0 fully saturated rings. The van der Waals surface area contributed by atoms with Crippen molar-refractivity contribution < 1.29 is 9.59 Å². The van der Waals surface area contributed by atoms with Gasteiger partial charge in [0.05, 0.1) is 11.0 Å². The molecule has 150 valence electrons. The Hall–Kier alpha value is -4.38. The van der Waals surface area contributed by atoms with Crippen molar-refractivity contribution in [2.45, 2.75) is 5.92 Å². The van der Waals surface area contributed by atoms with Crippen molar-refractivity contribution in [3.63, 3.8) is 0 Å². The van der Waals surface area contributed by atoms with Gasteiger partial charge in [0, 0.05) is 32.7 Å². The molecule has 5 heteroatoms. The summed E-state index contributed by atoms with van der Waals surface area (Å²) < 4.78 is 1.62. The van der Waals surface area contributed by atoms with Crippen molar-refractivity contribution in [1.82, 2.24) is 9.38 Å². The minimum atomic E-state index is -0.869. The monoisotopic (exact) mass is 414 g/mol. The summed E-state index contributed by atoms with van der Waals surface area (Å²) in [6, 6.07) is 23.7. The molecule has 1 aliphatic rings. The fraction of sp³-hybridized carbons (Fsp3) is 0.0370. The molecular formula is C27H14N2O3. The van der Waals surface area contributed by atoms with Gasteiger partial charge in [-0.05, 0) is 42.0 Å². The van der Waals surface area contributed by atoms with Crippen LogP contribution in [0.4, 0.5) is 0 Å². The van der Waals surface area contributed by atoms with Gasteiger partial charge in [0.2, 0.25) is 0 Å². The highest BCUT2D eigenvalue weighted by Crippen LogP contribution is 2.40. The third-order valence-corrected chi connectivity index (χ3v) is 6.58. The van der Waals surface area contributed by atoms with Crippen LogP contribution < -0.4 is 5.56 Å². The number of ketones is 2. The molecule has 32 heavy (non-hydrogen) atoms. The van der Waals surface area contributed by atoms with Crippen LogP contribution in [0.2, 0.25) is 0 Å². The van der Waals surface area contributed by atoms with Gasteiger partial charge in [-0.25, -0.2) is 4.98 Å². The summed E-state index contributed by atoms with van der Waals surface area (Å²) in [5.41, 5.74) is 3.44. The minimum absolute atomic E-state index is 0.199. The van der Waals surface area contributed by atoms with E-state index in [1.807, 2.05) is 48.5 Å². The van der Waals surface area contributed by atoms with E-state index in [9.17, 15) is 14.4 Å². The number of pyridine rings is 1. The van der Waals surface area contributed by atoms with Crippen LogP contribution in [0.15, 0.2) is 83.7 Å². The highest BCUT2D eigenvalue weighted by atomic mass is 16.2. The Labute approximate surface area is 180 Å². The second-order valence-electron chi connectivity index (χ2n) is 8.21. The number of para-hydroxylation sites is 2. The molecule has 1 unspecified atom stereocenters. The molecule has 0 aliphatic heterocycles. The topological polar surface area (TPSA) is 68.5 Å². The molecule has 0 spiro atoms. The van der Waals surface area contributed by atoms with Crippen molar-refractivity contribution in [3.05, 3.63) is 106 Å². The quantitative estimate of drug-likeness (QED) is 0.364. The van der Waals surface area contributed by atoms with Gasteiger partial charge in [0.15, 0.2) is 11.6 Å². The van der Waals surface area contributed by atoms with E-state index in [0.717, 1.165) is 16.4 Å². The molecule has 1 aliphatic carbocycles. The number of fused-ring (bicyclic) bond motifs is 4. The van der Waals surface area contributed by atoms with Crippen LogP contribution in [0.5, 0.6) is 0 Å². The van der Waals surface area contributed by atoms with E-state index in [4.69, 9.17) is 4.98 Å². The molecule has 7 rings (SSSR count). The predicted octanol–water partition coefficient (Wildman–Crippen LogP) is 4.75. The average Bonchev–Trinajstić information content (AvgIpc) is 3.22. The van der Waals surface area contributed by atoms with Gasteiger partial charge in [-0.1, -0.05) is 42.5 Å². The number of aromatic nitrogens is 2. The van der Waals surface area contributed by atoms with Crippen molar-refractivity contribution in [2.75, 3.05) is 0 Å². The fourth-order valence-corrected chi connectivity index (χ4v) is 5.18. The Morgan fingerprint density at radius 2 is 1.31 bits per heavy atom. The largest absolute Gasteiger partial charge is 0.293 e. The van der Waals surface area contributed by atoms with Crippen molar-refractivity contribution in [3.8, 4) is 0 Å². The van der Waals surface area contributed by atoms with E-state index >= 15 is 0 Å². The second kappa shape index (κ2) is 5.86. The molecule has 1 atom stereocenters. The van der Waals surface area contributed by atoms with Gasteiger partial charge in [-0.2, -0.15) is 0 Å². The molecule has 6 aromatic rings. The Kier molecular flexibility index (Phi) is 3.17. The molecule has 0 radical (unpaired) electrons. The number of carbonyl (C=O) groups is 2. The van der Waals surface area contributed by atoms with Crippen LogP contribution in [-0.4, -0.2) is 21.0 Å². The van der Waals surface area contributed by atoms with E-state index in [2.05, 4.69) is 0 Å². The van der Waals surface area contributed by atoms with Gasteiger partial charge in [-0.15, -0.1) is 0 Å². The summed E-state index contributed by atoms with van der Waals surface area (Å²) in [4.78, 5) is 45.2. The van der Waals surface area contributed by atoms with E-state index in [1.54, 1.807) is 34.7 Å². The first-order valence-corrected chi connectivity index (χ1v) is 10.4. The molecular weight excluding hydrogens is 400 g/mol. The van der Waals surface area contributed by atoms with Crippen LogP contribution >= 0.6 is 0 Å². The van der Waals surface area contributed by atoms with E-state index in [0.29, 0.717) is 38.5 Å². The normalized spacial score (nSPS) is 16.1. The maximum atomic E-state index is 13.5. The lowest BCUT2D eigenvalue weighted by Crippen LogP contribution is -2.28. The number of carbonyl (C=O) groups excluding carboxylic acids is 2. The van der Waals surface area contributed by atoms with Gasteiger partial charge >= 0.3 is 0 Å². The summed E-state index contributed by atoms with van der Waals surface area (Å²) >= 11 is 0. The number of benzene rings is 4. The van der Waals surface area contributed by atoms with Crippen molar-refractivity contribution >= 4 is 49.8 Å². The summed E-state index contributed by atoms with van der Waals surface area (Å²) in [5.74, 6) is -1.33. The summed E-state index contributed by atoms with van der Waals surface area (Å²) in [6.07, 6.45) is 0. The number of Topliss-reactive ketones (excluding diaryl/α,β-unsaturated/α-hetero) is 2. The highest BCUT2D eigenvalue weighted by Gasteiger charge is 2.37. The first kappa shape index (κ1) is 17.3. The van der Waals surface area contributed by atoms with Gasteiger partial charge in [0.1, 0.15) is 11.6 Å². The SMILES string of the molecule is O=C1c2ccc3c(=O)n4c5ccccc5nc4c4ccc(c2c34)C(=O)C1c1ccccc1. The lowest BCUT2D eigenvalue weighted by molar-refractivity contribution is 0.0856. The van der Waals surface area contributed by atoms with Crippen LogP contribution in [0.1, 0.15) is 32.2 Å². The first-order chi connectivity index (χ1) is 15.6. The average molecular weight is 414 g/mol. The maximum Gasteiger partial charge on any atom is 0.264 e. The smallest absolute Gasteiger partial charge is 0.264 e. The summed E-state index contributed by atoms with van der Waals surface area (Å²) in [7, 11) is 0. The molecule has 2 aromatic heterocycles. The zero-order chi connectivity index (χ0) is 21.6. The van der Waals surface area contributed by atoms with Crippen LogP contribution in [-0.2, 0) is 0 Å². The Balaban J connectivity index is 1.64. The zero-order valence-corrected chi connectivity index (χ0v) is 16.7. The minimum Gasteiger partial charge on any atom is -0.293 e. The number of hydrogen-bond acceptors (Lipinski definition) is 4. The molecule has 0 saturated heterocycles. The van der Waals surface area contributed by atoms with Gasteiger partial charge in [-0.3, -0.25) is 18.8 Å². The lowest BCUT2D eigenvalue weighted by Gasteiger charge is -2.24. The van der Waals surface area contributed by atoms with Crippen LogP contribution in [0.25, 0.3) is 38.2 Å². The van der Waals surface area contributed by atoms with E-state index in [-0.39, 0.29) is 17.1 Å². The molecule has 0 saturated carbocycles. The third-order valence-electron chi connectivity index (χ3n) is 6.58. The number of imidazole rings is 1. The van der Waals surface area contributed by atoms with Crippen molar-refractivity contribution in [1.29, 1.82) is 0 Å². The van der Waals surface area contributed by atoms with Gasteiger partial charge in [0.25, 0.3) is 5.56 Å². The second-order valence-corrected chi connectivity index (χ2v) is 8.21. The van der Waals surface area contributed by atoms with Crippen LogP contribution in [0, 0.1) is 0 Å². The molecule has 0 N–H and O–H groups in total. The molecule has 4 aromatic carbocycles. The molecule has 0 amide bonds. The summed E-state index contributed by atoms with van der Waals surface area (Å²) in [5, 5.41) is 2.44. The number of rotatable bonds is 1. The van der Waals surface area contributed by atoms with Crippen molar-refractivity contribution in [2.24, 2.45) is 0 Å². The third kappa shape index (κ3) is 1.98. The Morgan fingerprint density at radius 3 is 2.06 bits per heavy atom. The fourth-order valence-electron chi connectivity index (χ4n) is 5.18. The van der Waals surface area contributed by atoms with E-state index < -0.39 is 5.92 Å². The zero-order valence-electron chi connectivity index (χ0n) is 16.7. The predicted molar refractivity (Wildman–Crippen MR) is 123 cm³/mol. The number of hydrogen-bond donors (Lipinski definition) is 0. The Bertz CT molecular complexity index is 1810. The summed E-state index contributed by atoms with van der Waals surface area (Å²) in [6.45, 7) is 0. The molecule has 0 bridgehead atoms. The highest BCUT2D eigenvalue weighted by molar-refractivity contribution is 6.35. The lowest BCUT2D eigenvalue weighted by atomic mass is 9.76. The first-order valence-electron chi connectivity index (χ1n) is 10.4. The maximum absolute atomic E-state index is 13.5. The van der Waals surface area contributed by atoms with Gasteiger partial charge < -0.3 is 0 Å². The molecule has 5 nitrogen and oxygen atoms in total. The van der Waals surface area contributed by atoms with E-state index in [1.165, 1.54) is 0 Å². The van der Waals surface area contributed by atoms with Crippen LogP contribution in [0.3, 0.4) is 0 Å². The standard InChI is InChI=1S/C27H14N2O3/c30-24-15-10-12-17-23-18(27(32)29-20-9-5-4-8-19(20)28-26(17)29)13-11-16(22(15)23)25(31)21(24)14-6-2-1-3-7-14/h1-13,21H. The molecule has 2 heterocycles. The number of nitrogens with zero attached hydrogens (tertiary/aromatic N) is 2. The Morgan fingerprint density at radius 1 is 0.656 bits per heavy atom.